The van der Waals surface area contributed by atoms with Crippen LogP contribution in [-0.2, 0) is 0 Å². The zero-order valence-electron chi connectivity index (χ0n) is 11.8. The SMILES string of the molecule is CN(C)C(=NCCOc1ccccc1Cl)N(C)C.I. The minimum Gasteiger partial charge on any atom is -0.490 e. The van der Waals surface area contributed by atoms with Crippen LogP contribution in [0.1, 0.15) is 0 Å². The van der Waals surface area contributed by atoms with Gasteiger partial charge < -0.3 is 14.5 Å². The van der Waals surface area contributed by atoms with Crippen molar-refractivity contribution in [1.82, 2.24) is 9.80 Å². The molecule has 0 saturated carbocycles. The Bertz CT molecular complexity index is 401. The lowest BCUT2D eigenvalue weighted by atomic mass is 10.3. The van der Waals surface area contributed by atoms with E-state index in [-0.39, 0.29) is 24.0 Å². The second-order valence-corrected chi connectivity index (χ2v) is 4.66. The van der Waals surface area contributed by atoms with Gasteiger partial charge in [0, 0.05) is 28.2 Å². The van der Waals surface area contributed by atoms with Crippen LogP contribution in [0.5, 0.6) is 5.75 Å². The maximum absolute atomic E-state index is 5.99. The van der Waals surface area contributed by atoms with Crippen LogP contribution in [0.2, 0.25) is 5.02 Å². The maximum atomic E-state index is 5.99. The molecule has 0 radical (unpaired) electrons. The summed E-state index contributed by atoms with van der Waals surface area (Å²) in [7, 11) is 7.86. The molecule has 1 aromatic carbocycles. The number of halogens is 2. The largest absolute Gasteiger partial charge is 0.490 e. The molecule has 0 aliphatic rings. The molecule has 0 atom stereocenters. The van der Waals surface area contributed by atoms with Gasteiger partial charge in [0.15, 0.2) is 5.96 Å². The van der Waals surface area contributed by atoms with Gasteiger partial charge in [0.05, 0.1) is 11.6 Å². The van der Waals surface area contributed by atoms with E-state index < -0.39 is 0 Å². The van der Waals surface area contributed by atoms with Crippen molar-refractivity contribution in [3.05, 3.63) is 29.3 Å². The summed E-state index contributed by atoms with van der Waals surface area (Å²) < 4.78 is 5.57. The minimum atomic E-state index is 0. The van der Waals surface area contributed by atoms with Gasteiger partial charge in [-0.2, -0.15) is 0 Å². The van der Waals surface area contributed by atoms with Gasteiger partial charge in [0.1, 0.15) is 12.4 Å². The van der Waals surface area contributed by atoms with Crippen LogP contribution in [0.15, 0.2) is 29.3 Å². The average Bonchev–Trinajstić information content (AvgIpc) is 2.30. The summed E-state index contributed by atoms with van der Waals surface area (Å²) in [5.41, 5.74) is 0. The Labute approximate surface area is 137 Å². The van der Waals surface area contributed by atoms with Crippen molar-refractivity contribution in [2.75, 3.05) is 41.3 Å². The van der Waals surface area contributed by atoms with Crippen LogP contribution in [0, 0.1) is 0 Å². The first-order valence-electron chi connectivity index (χ1n) is 5.79. The quantitative estimate of drug-likeness (QED) is 0.338. The standard InChI is InChI=1S/C13H20ClN3O.HI/c1-16(2)13(17(3)4)15-9-10-18-12-8-6-5-7-11(12)14;/h5-8H,9-10H2,1-4H3;1H. The molecule has 0 saturated heterocycles. The molecule has 0 aliphatic carbocycles. The summed E-state index contributed by atoms with van der Waals surface area (Å²) in [5, 5.41) is 0.627. The molecular weight excluding hydrogens is 377 g/mol. The number of para-hydroxylation sites is 1. The van der Waals surface area contributed by atoms with E-state index >= 15 is 0 Å². The molecule has 0 heterocycles. The van der Waals surface area contributed by atoms with Crippen molar-refractivity contribution in [3.63, 3.8) is 0 Å². The lowest BCUT2D eigenvalue weighted by Crippen LogP contribution is -2.35. The van der Waals surface area contributed by atoms with E-state index in [1.54, 1.807) is 0 Å². The monoisotopic (exact) mass is 397 g/mol. The highest BCUT2D eigenvalue weighted by Crippen LogP contribution is 2.22. The Kier molecular flexibility index (Phi) is 8.92. The number of aliphatic imine (C=N–C) groups is 1. The predicted molar refractivity (Wildman–Crippen MR) is 92.0 cm³/mol. The molecule has 0 fully saturated rings. The molecule has 19 heavy (non-hydrogen) atoms. The van der Waals surface area contributed by atoms with E-state index in [4.69, 9.17) is 16.3 Å². The van der Waals surface area contributed by atoms with Crippen LogP contribution >= 0.6 is 35.6 Å². The third-order valence-corrected chi connectivity index (χ3v) is 2.55. The smallest absolute Gasteiger partial charge is 0.195 e. The summed E-state index contributed by atoms with van der Waals surface area (Å²) in [6.45, 7) is 1.10. The van der Waals surface area contributed by atoms with E-state index in [2.05, 4.69) is 4.99 Å². The molecule has 6 heteroatoms. The van der Waals surface area contributed by atoms with Gasteiger partial charge in [0.25, 0.3) is 0 Å². The number of ether oxygens (including phenoxy) is 1. The van der Waals surface area contributed by atoms with Crippen LogP contribution < -0.4 is 4.74 Å². The molecule has 0 unspecified atom stereocenters. The van der Waals surface area contributed by atoms with E-state index in [0.717, 1.165) is 5.96 Å². The van der Waals surface area contributed by atoms with E-state index in [0.29, 0.717) is 23.9 Å². The molecule has 0 bridgehead atoms. The molecule has 4 nitrogen and oxygen atoms in total. The summed E-state index contributed by atoms with van der Waals surface area (Å²) in [5.74, 6) is 1.61. The van der Waals surface area contributed by atoms with Gasteiger partial charge >= 0.3 is 0 Å². The fourth-order valence-corrected chi connectivity index (χ4v) is 1.74. The molecular formula is C13H21ClIN3O. The first kappa shape index (κ1) is 18.3. The fraction of sp³-hybridized carbons (Fsp3) is 0.462. The van der Waals surface area contributed by atoms with Crippen molar-refractivity contribution in [3.8, 4) is 5.75 Å². The second kappa shape index (κ2) is 9.25. The zero-order valence-corrected chi connectivity index (χ0v) is 14.8. The number of rotatable bonds is 4. The summed E-state index contributed by atoms with van der Waals surface area (Å²) >= 11 is 5.99. The predicted octanol–water partition coefficient (Wildman–Crippen LogP) is 2.82. The van der Waals surface area contributed by atoms with Crippen LogP contribution in [-0.4, -0.2) is 57.1 Å². The molecule has 0 N–H and O–H groups in total. The maximum Gasteiger partial charge on any atom is 0.195 e. The highest BCUT2D eigenvalue weighted by Gasteiger charge is 2.03. The number of hydrogen-bond donors (Lipinski definition) is 0. The van der Waals surface area contributed by atoms with Gasteiger partial charge in [0.2, 0.25) is 0 Å². The normalized spacial score (nSPS) is 9.32. The van der Waals surface area contributed by atoms with Gasteiger partial charge in [-0.3, -0.25) is 0 Å². The topological polar surface area (TPSA) is 28.1 Å². The molecule has 0 spiro atoms. The third kappa shape index (κ3) is 6.33. The first-order valence-corrected chi connectivity index (χ1v) is 6.16. The highest BCUT2D eigenvalue weighted by molar-refractivity contribution is 14.0. The molecule has 0 aliphatic heterocycles. The van der Waals surface area contributed by atoms with E-state index in [9.17, 15) is 0 Å². The molecule has 1 rings (SSSR count). The summed E-state index contributed by atoms with van der Waals surface area (Å²) in [6, 6.07) is 7.44. The second-order valence-electron chi connectivity index (χ2n) is 4.25. The summed E-state index contributed by atoms with van der Waals surface area (Å²) in [4.78, 5) is 8.40. The zero-order chi connectivity index (χ0) is 13.5. The van der Waals surface area contributed by atoms with Gasteiger partial charge in [-0.1, -0.05) is 23.7 Å². The highest BCUT2D eigenvalue weighted by atomic mass is 127. The molecule has 0 amide bonds. The lowest BCUT2D eigenvalue weighted by molar-refractivity contribution is 0.327. The first-order chi connectivity index (χ1) is 8.52. The van der Waals surface area contributed by atoms with Crippen LogP contribution in [0.3, 0.4) is 0 Å². The van der Waals surface area contributed by atoms with Gasteiger partial charge in [-0.15, -0.1) is 24.0 Å². The van der Waals surface area contributed by atoms with Crippen molar-refractivity contribution in [2.45, 2.75) is 0 Å². The van der Waals surface area contributed by atoms with Crippen molar-refractivity contribution in [1.29, 1.82) is 0 Å². The molecule has 0 aromatic heterocycles. The molecule has 1 aromatic rings. The Hall–Kier alpha value is -0.690. The fourth-order valence-electron chi connectivity index (χ4n) is 1.55. The minimum absolute atomic E-state index is 0. The average molecular weight is 398 g/mol. The Morgan fingerprint density at radius 1 is 1.16 bits per heavy atom. The number of benzene rings is 1. The van der Waals surface area contributed by atoms with E-state index in [1.807, 2.05) is 62.3 Å². The number of nitrogens with zero attached hydrogens (tertiary/aromatic N) is 3. The molecule has 108 valence electrons. The van der Waals surface area contributed by atoms with Crippen molar-refractivity contribution < 1.29 is 4.74 Å². The van der Waals surface area contributed by atoms with Gasteiger partial charge in [-0.25, -0.2) is 4.99 Å². The van der Waals surface area contributed by atoms with Crippen molar-refractivity contribution >= 4 is 41.5 Å². The number of guanidine groups is 1. The van der Waals surface area contributed by atoms with Crippen LogP contribution in [0.25, 0.3) is 0 Å². The van der Waals surface area contributed by atoms with Crippen molar-refractivity contribution in [2.24, 2.45) is 4.99 Å². The number of hydrogen-bond acceptors (Lipinski definition) is 2. The van der Waals surface area contributed by atoms with Crippen LogP contribution in [0.4, 0.5) is 0 Å². The Morgan fingerprint density at radius 3 is 2.26 bits per heavy atom. The Balaban J connectivity index is 0.00000324. The lowest BCUT2D eigenvalue weighted by Gasteiger charge is -2.22. The summed E-state index contributed by atoms with van der Waals surface area (Å²) in [6.07, 6.45) is 0. The third-order valence-electron chi connectivity index (χ3n) is 2.24. The van der Waals surface area contributed by atoms with Gasteiger partial charge in [-0.05, 0) is 12.1 Å². The Morgan fingerprint density at radius 2 is 1.74 bits per heavy atom. The van der Waals surface area contributed by atoms with E-state index in [1.165, 1.54) is 0 Å².